The minimum absolute atomic E-state index is 0.248. The van der Waals surface area contributed by atoms with Crippen molar-refractivity contribution in [1.29, 1.82) is 0 Å². The molecule has 3 heterocycles. The molecule has 7 nitrogen and oxygen atoms in total. The monoisotopic (exact) mass is 323 g/mol. The molecule has 23 heavy (non-hydrogen) atoms. The topological polar surface area (TPSA) is 66.7 Å². The van der Waals surface area contributed by atoms with E-state index in [-0.39, 0.29) is 18.3 Å². The second-order valence-electron chi connectivity index (χ2n) is 7.04. The van der Waals surface area contributed by atoms with Crippen molar-refractivity contribution >= 4 is 0 Å². The molecule has 3 rings (SSSR count). The zero-order valence-electron chi connectivity index (χ0n) is 14.2. The lowest BCUT2D eigenvalue weighted by Crippen LogP contribution is -2.50. The Morgan fingerprint density at radius 2 is 2.04 bits per heavy atom. The predicted octanol–water partition coefficient (Wildman–Crippen LogP) is 0.213. The van der Waals surface area contributed by atoms with Crippen molar-refractivity contribution in [2.24, 2.45) is 0 Å². The molecule has 1 aromatic rings. The summed E-state index contributed by atoms with van der Waals surface area (Å²) in [6.07, 6.45) is 5.88. The highest BCUT2D eigenvalue weighted by Gasteiger charge is 2.29. The maximum absolute atomic E-state index is 10.5. The number of hydrogen-bond acceptors (Lipinski definition) is 6. The molecule has 2 aliphatic rings. The summed E-state index contributed by atoms with van der Waals surface area (Å²) in [4.78, 5) is 8.73. The number of ether oxygens (including phenoxy) is 1. The number of aliphatic hydroxyl groups is 1. The lowest BCUT2D eigenvalue weighted by molar-refractivity contribution is -0.0782. The van der Waals surface area contributed by atoms with Crippen LogP contribution < -0.4 is 0 Å². The number of morpholine rings is 1. The summed E-state index contributed by atoms with van der Waals surface area (Å²) in [6, 6.07) is 0.453. The first-order valence-electron chi connectivity index (χ1n) is 8.72. The van der Waals surface area contributed by atoms with Crippen LogP contribution in [-0.2, 0) is 11.3 Å². The van der Waals surface area contributed by atoms with Crippen molar-refractivity contribution in [1.82, 2.24) is 24.6 Å². The second-order valence-corrected chi connectivity index (χ2v) is 7.04. The highest BCUT2D eigenvalue weighted by Crippen LogP contribution is 2.19. The fourth-order valence-corrected chi connectivity index (χ4v) is 3.95. The van der Waals surface area contributed by atoms with Crippen LogP contribution in [0.4, 0.5) is 0 Å². The fourth-order valence-electron chi connectivity index (χ4n) is 3.95. The van der Waals surface area contributed by atoms with E-state index in [0.717, 1.165) is 45.7 Å². The molecule has 130 valence electrons. The molecule has 0 unspecified atom stereocenters. The smallest absolute Gasteiger partial charge is 0.137 e. The van der Waals surface area contributed by atoms with Crippen LogP contribution in [0.25, 0.3) is 0 Å². The Kier molecular flexibility index (Phi) is 5.63. The SMILES string of the molecule is C[C@@H]1CN(C[C@H](O)CN2CCC[C@@H]2Cn2cncn2)C[C@H](C)O1. The fraction of sp³-hybridized carbons (Fsp3) is 0.875. The van der Waals surface area contributed by atoms with Gasteiger partial charge >= 0.3 is 0 Å². The summed E-state index contributed by atoms with van der Waals surface area (Å²) in [6.45, 7) is 9.40. The highest BCUT2D eigenvalue weighted by molar-refractivity contribution is 4.83. The molecular formula is C16H29N5O2. The zero-order valence-corrected chi connectivity index (χ0v) is 14.2. The van der Waals surface area contributed by atoms with Gasteiger partial charge in [0, 0.05) is 32.2 Å². The Balaban J connectivity index is 1.47. The summed E-state index contributed by atoms with van der Waals surface area (Å²) in [5, 5.41) is 14.7. The molecule has 2 aliphatic heterocycles. The minimum atomic E-state index is -0.316. The zero-order chi connectivity index (χ0) is 16.2. The van der Waals surface area contributed by atoms with Gasteiger partial charge in [-0.15, -0.1) is 0 Å². The van der Waals surface area contributed by atoms with Gasteiger partial charge in [-0.1, -0.05) is 0 Å². The van der Waals surface area contributed by atoms with Gasteiger partial charge in [0.15, 0.2) is 0 Å². The number of aliphatic hydroxyl groups excluding tert-OH is 1. The van der Waals surface area contributed by atoms with Gasteiger partial charge in [-0.25, -0.2) is 4.98 Å². The Morgan fingerprint density at radius 1 is 1.26 bits per heavy atom. The quantitative estimate of drug-likeness (QED) is 0.807. The van der Waals surface area contributed by atoms with Crippen LogP contribution in [0.1, 0.15) is 26.7 Å². The molecule has 0 bridgehead atoms. The van der Waals surface area contributed by atoms with E-state index in [1.165, 1.54) is 6.42 Å². The van der Waals surface area contributed by atoms with Gasteiger partial charge in [0.2, 0.25) is 0 Å². The van der Waals surface area contributed by atoms with Gasteiger partial charge < -0.3 is 9.84 Å². The van der Waals surface area contributed by atoms with Crippen molar-refractivity contribution in [3.05, 3.63) is 12.7 Å². The number of β-amino-alcohol motifs (C(OH)–C–C–N with tert-alkyl or cyclic N) is 1. The predicted molar refractivity (Wildman–Crippen MR) is 87.1 cm³/mol. The molecule has 0 aromatic carbocycles. The van der Waals surface area contributed by atoms with Gasteiger partial charge in [-0.2, -0.15) is 5.10 Å². The van der Waals surface area contributed by atoms with Gasteiger partial charge in [-0.05, 0) is 33.2 Å². The van der Waals surface area contributed by atoms with E-state index >= 15 is 0 Å². The maximum Gasteiger partial charge on any atom is 0.137 e. The van der Waals surface area contributed by atoms with Gasteiger partial charge in [0.1, 0.15) is 12.7 Å². The molecule has 7 heteroatoms. The summed E-state index contributed by atoms with van der Waals surface area (Å²) >= 11 is 0. The molecular weight excluding hydrogens is 294 g/mol. The Morgan fingerprint density at radius 3 is 2.74 bits per heavy atom. The largest absolute Gasteiger partial charge is 0.390 e. The molecule has 2 fully saturated rings. The van der Waals surface area contributed by atoms with E-state index in [4.69, 9.17) is 4.74 Å². The van der Waals surface area contributed by atoms with Crippen LogP contribution in [-0.4, -0.2) is 86.7 Å². The third kappa shape index (κ3) is 4.73. The van der Waals surface area contributed by atoms with Gasteiger partial charge in [-0.3, -0.25) is 14.5 Å². The second kappa shape index (κ2) is 7.70. The number of likely N-dealkylation sites (tertiary alicyclic amines) is 1. The van der Waals surface area contributed by atoms with Crippen LogP contribution in [0.5, 0.6) is 0 Å². The third-order valence-electron chi connectivity index (χ3n) is 4.77. The lowest BCUT2D eigenvalue weighted by Gasteiger charge is -2.37. The van der Waals surface area contributed by atoms with Gasteiger partial charge in [0.25, 0.3) is 0 Å². The van der Waals surface area contributed by atoms with Gasteiger partial charge in [0.05, 0.1) is 24.9 Å². The van der Waals surface area contributed by atoms with E-state index in [1.807, 2.05) is 4.68 Å². The van der Waals surface area contributed by atoms with Crippen LogP contribution in [0.15, 0.2) is 12.7 Å². The van der Waals surface area contributed by atoms with Crippen molar-refractivity contribution in [2.45, 2.75) is 57.6 Å². The first kappa shape index (κ1) is 16.8. The highest BCUT2D eigenvalue weighted by atomic mass is 16.5. The summed E-state index contributed by atoms with van der Waals surface area (Å²) in [7, 11) is 0. The third-order valence-corrected chi connectivity index (χ3v) is 4.77. The van der Waals surface area contributed by atoms with Crippen LogP contribution >= 0.6 is 0 Å². The number of rotatable bonds is 6. The number of aromatic nitrogens is 3. The summed E-state index contributed by atoms with van der Waals surface area (Å²) in [5.41, 5.74) is 0. The first-order chi connectivity index (χ1) is 11.1. The van der Waals surface area contributed by atoms with Crippen molar-refractivity contribution in [3.63, 3.8) is 0 Å². The minimum Gasteiger partial charge on any atom is -0.390 e. The average molecular weight is 323 g/mol. The van der Waals surface area contributed by atoms with Crippen molar-refractivity contribution in [3.8, 4) is 0 Å². The summed E-state index contributed by atoms with van der Waals surface area (Å²) in [5.74, 6) is 0. The maximum atomic E-state index is 10.5. The normalized spacial score (nSPS) is 31.5. The standard InChI is InChI=1S/C16H29N5O2/c1-13-6-19(7-14(2)23-13)9-16(22)10-20-5-3-4-15(20)8-21-12-17-11-18-21/h11-16,22H,3-10H2,1-2H3/t13-,14+,15-,16+/m1/s1. The molecule has 0 saturated carbocycles. The molecule has 0 spiro atoms. The molecule has 1 N–H and O–H groups in total. The lowest BCUT2D eigenvalue weighted by atomic mass is 10.2. The van der Waals surface area contributed by atoms with E-state index < -0.39 is 0 Å². The molecule has 0 radical (unpaired) electrons. The van der Waals surface area contributed by atoms with E-state index in [0.29, 0.717) is 6.04 Å². The number of hydrogen-bond donors (Lipinski definition) is 1. The molecule has 1 aromatic heterocycles. The Bertz CT molecular complexity index is 459. The summed E-state index contributed by atoms with van der Waals surface area (Å²) < 4.78 is 7.65. The van der Waals surface area contributed by atoms with Crippen molar-refractivity contribution < 1.29 is 9.84 Å². The van der Waals surface area contributed by atoms with E-state index in [9.17, 15) is 5.11 Å². The molecule has 0 aliphatic carbocycles. The van der Waals surface area contributed by atoms with Crippen LogP contribution in [0.2, 0.25) is 0 Å². The molecule has 0 amide bonds. The van der Waals surface area contributed by atoms with Crippen molar-refractivity contribution in [2.75, 3.05) is 32.7 Å². The Labute approximate surface area is 138 Å². The molecule has 2 saturated heterocycles. The van der Waals surface area contributed by atoms with E-state index in [1.54, 1.807) is 12.7 Å². The van der Waals surface area contributed by atoms with E-state index in [2.05, 4.69) is 33.7 Å². The Hall–Kier alpha value is -1.02. The van der Waals surface area contributed by atoms with Crippen LogP contribution in [0, 0.1) is 0 Å². The number of nitrogens with zero attached hydrogens (tertiary/aromatic N) is 5. The van der Waals surface area contributed by atoms with Crippen LogP contribution in [0.3, 0.4) is 0 Å². The molecule has 4 atom stereocenters. The average Bonchev–Trinajstić information content (AvgIpc) is 3.11. The first-order valence-corrected chi connectivity index (χ1v) is 8.72.